The van der Waals surface area contributed by atoms with Gasteiger partial charge in [-0.25, -0.2) is 0 Å². The fourth-order valence-corrected chi connectivity index (χ4v) is 1.43. The maximum absolute atomic E-state index is 10.6. The van der Waals surface area contributed by atoms with Crippen molar-refractivity contribution in [2.75, 3.05) is 7.11 Å². The summed E-state index contributed by atoms with van der Waals surface area (Å²) in [5.74, 6) is 0.555. The molecule has 0 amide bonds. The average molecular weight is 208 g/mol. The van der Waals surface area contributed by atoms with Crippen LogP contribution in [0.3, 0.4) is 0 Å². The maximum Gasteiger partial charge on any atom is 1.00 e. The SMILES string of the molecule is COc1ccc(C)c(S(=O)[O-])c1.[Na+]. The number of hydrogen-bond donors (Lipinski definition) is 0. The molecule has 5 heteroatoms. The Balaban J connectivity index is 0.00000144. The van der Waals surface area contributed by atoms with Crippen molar-refractivity contribution in [3.05, 3.63) is 23.8 Å². The maximum atomic E-state index is 10.6. The molecule has 0 radical (unpaired) electrons. The monoisotopic (exact) mass is 208 g/mol. The second kappa shape index (κ2) is 5.78. The molecule has 3 nitrogen and oxygen atoms in total. The summed E-state index contributed by atoms with van der Waals surface area (Å²) >= 11 is -2.18. The molecule has 0 aromatic heterocycles. The van der Waals surface area contributed by atoms with Crippen molar-refractivity contribution in [2.24, 2.45) is 0 Å². The van der Waals surface area contributed by atoms with Gasteiger partial charge in [-0.3, -0.25) is 4.21 Å². The second-order valence-electron chi connectivity index (χ2n) is 2.37. The van der Waals surface area contributed by atoms with Gasteiger partial charge in [-0.1, -0.05) is 6.07 Å². The molecule has 1 aromatic rings. The van der Waals surface area contributed by atoms with Crippen LogP contribution in [-0.2, 0) is 11.1 Å². The Hall–Kier alpha value is 0.130. The van der Waals surface area contributed by atoms with Crippen LogP contribution in [0.1, 0.15) is 5.56 Å². The third kappa shape index (κ3) is 3.40. The van der Waals surface area contributed by atoms with Crippen LogP contribution in [0.2, 0.25) is 0 Å². The molecule has 0 saturated carbocycles. The third-order valence-corrected chi connectivity index (χ3v) is 2.37. The van der Waals surface area contributed by atoms with Crippen LogP contribution < -0.4 is 34.3 Å². The first-order valence-corrected chi connectivity index (χ1v) is 4.46. The van der Waals surface area contributed by atoms with E-state index in [0.717, 1.165) is 5.56 Å². The molecule has 1 atom stereocenters. The molecule has 66 valence electrons. The van der Waals surface area contributed by atoms with Crippen LogP contribution in [0, 0.1) is 6.92 Å². The largest absolute Gasteiger partial charge is 1.00 e. The molecule has 1 rings (SSSR count). The predicted octanol–water partition coefficient (Wildman–Crippen LogP) is -1.75. The Labute approximate surface area is 102 Å². The van der Waals surface area contributed by atoms with Crippen LogP contribution in [0.25, 0.3) is 0 Å². The predicted molar refractivity (Wildman–Crippen MR) is 44.9 cm³/mol. The summed E-state index contributed by atoms with van der Waals surface area (Å²) in [4.78, 5) is 0.286. The summed E-state index contributed by atoms with van der Waals surface area (Å²) in [5.41, 5.74) is 0.726. The summed E-state index contributed by atoms with van der Waals surface area (Å²) in [6.45, 7) is 1.74. The molecule has 13 heavy (non-hydrogen) atoms. The molecular weight excluding hydrogens is 199 g/mol. The van der Waals surface area contributed by atoms with Crippen molar-refractivity contribution in [3.63, 3.8) is 0 Å². The Morgan fingerprint density at radius 3 is 2.54 bits per heavy atom. The third-order valence-electron chi connectivity index (χ3n) is 1.57. The summed E-state index contributed by atoms with van der Waals surface area (Å²) in [5, 5.41) is 0. The number of benzene rings is 1. The van der Waals surface area contributed by atoms with Gasteiger partial charge < -0.3 is 9.29 Å². The average Bonchev–Trinajstić information content (AvgIpc) is 2.05. The molecule has 0 saturated heterocycles. The van der Waals surface area contributed by atoms with Gasteiger partial charge in [0.15, 0.2) is 0 Å². The minimum absolute atomic E-state index is 0. The molecular formula is C8H9NaO3S. The summed E-state index contributed by atoms with van der Waals surface area (Å²) in [6, 6.07) is 4.94. The Morgan fingerprint density at radius 1 is 1.46 bits per heavy atom. The molecule has 0 bridgehead atoms. The Morgan fingerprint density at radius 2 is 2.08 bits per heavy atom. The van der Waals surface area contributed by atoms with E-state index in [1.165, 1.54) is 13.2 Å². The topological polar surface area (TPSA) is 49.4 Å². The minimum atomic E-state index is -2.18. The van der Waals surface area contributed by atoms with Crippen molar-refractivity contribution < 1.29 is 43.1 Å². The van der Waals surface area contributed by atoms with E-state index < -0.39 is 11.1 Å². The van der Waals surface area contributed by atoms with E-state index in [2.05, 4.69) is 0 Å². The van der Waals surface area contributed by atoms with E-state index in [-0.39, 0.29) is 34.5 Å². The molecule has 0 spiro atoms. The zero-order valence-corrected chi connectivity index (χ0v) is 10.7. The van der Waals surface area contributed by atoms with Crippen LogP contribution in [-0.4, -0.2) is 15.9 Å². The van der Waals surface area contributed by atoms with Gasteiger partial charge >= 0.3 is 29.6 Å². The minimum Gasteiger partial charge on any atom is -0.768 e. The first-order valence-electron chi connectivity index (χ1n) is 3.39. The van der Waals surface area contributed by atoms with Crippen LogP contribution in [0.4, 0.5) is 0 Å². The molecule has 0 N–H and O–H groups in total. The van der Waals surface area contributed by atoms with E-state index in [4.69, 9.17) is 4.74 Å². The number of rotatable bonds is 2. The molecule has 0 aliphatic carbocycles. The van der Waals surface area contributed by atoms with Gasteiger partial charge in [0.25, 0.3) is 0 Å². The molecule has 1 aromatic carbocycles. The van der Waals surface area contributed by atoms with Crippen molar-refractivity contribution in [2.45, 2.75) is 11.8 Å². The van der Waals surface area contributed by atoms with Crippen LogP contribution in [0.15, 0.2) is 23.1 Å². The first kappa shape index (κ1) is 13.1. The van der Waals surface area contributed by atoms with Crippen molar-refractivity contribution in [3.8, 4) is 5.75 Å². The van der Waals surface area contributed by atoms with E-state index in [1.807, 2.05) is 0 Å². The fourth-order valence-electron chi connectivity index (χ4n) is 0.887. The number of aryl methyl sites for hydroxylation is 1. The van der Waals surface area contributed by atoms with Gasteiger partial charge in [-0.15, -0.1) is 0 Å². The van der Waals surface area contributed by atoms with Gasteiger partial charge in [0.2, 0.25) is 0 Å². The van der Waals surface area contributed by atoms with Gasteiger partial charge in [-0.05, 0) is 35.7 Å². The van der Waals surface area contributed by atoms with E-state index >= 15 is 0 Å². The van der Waals surface area contributed by atoms with Crippen LogP contribution >= 0.6 is 0 Å². The van der Waals surface area contributed by atoms with Gasteiger partial charge in [0.05, 0.1) is 7.11 Å². The zero-order valence-electron chi connectivity index (χ0n) is 7.87. The number of hydrogen-bond acceptors (Lipinski definition) is 3. The van der Waals surface area contributed by atoms with Gasteiger partial charge in [0, 0.05) is 4.90 Å². The van der Waals surface area contributed by atoms with Gasteiger partial charge in [-0.2, -0.15) is 0 Å². The van der Waals surface area contributed by atoms with Crippen molar-refractivity contribution >= 4 is 11.1 Å². The van der Waals surface area contributed by atoms with E-state index in [9.17, 15) is 8.76 Å². The van der Waals surface area contributed by atoms with Crippen molar-refractivity contribution in [1.29, 1.82) is 0 Å². The molecule has 0 fully saturated rings. The smallest absolute Gasteiger partial charge is 0.768 e. The normalized spacial score (nSPS) is 11.6. The Kier molecular flexibility index (Phi) is 5.83. The summed E-state index contributed by atoms with van der Waals surface area (Å²) < 4.78 is 26.2. The van der Waals surface area contributed by atoms with Crippen molar-refractivity contribution in [1.82, 2.24) is 0 Å². The zero-order chi connectivity index (χ0) is 9.14. The molecule has 0 heterocycles. The molecule has 0 aliphatic heterocycles. The van der Waals surface area contributed by atoms with E-state index in [1.54, 1.807) is 19.1 Å². The van der Waals surface area contributed by atoms with E-state index in [0.29, 0.717) is 5.75 Å². The quantitative estimate of drug-likeness (QED) is 0.427. The molecule has 0 aliphatic rings. The Bertz CT molecular complexity index is 314. The van der Waals surface area contributed by atoms with Crippen LogP contribution in [0.5, 0.6) is 5.75 Å². The summed E-state index contributed by atoms with van der Waals surface area (Å²) in [6.07, 6.45) is 0. The second-order valence-corrected chi connectivity index (χ2v) is 3.28. The first-order chi connectivity index (χ1) is 5.65. The number of methoxy groups -OCH3 is 1. The van der Waals surface area contributed by atoms with Gasteiger partial charge in [0.1, 0.15) is 5.75 Å². The fraction of sp³-hybridized carbons (Fsp3) is 0.250. The molecule has 1 unspecified atom stereocenters. The number of ether oxygens (including phenoxy) is 1. The summed E-state index contributed by atoms with van der Waals surface area (Å²) in [7, 11) is 1.50. The standard InChI is InChI=1S/C8H10O3S.Na/c1-6-3-4-7(11-2)5-8(6)12(9)10;/h3-5H,1-2H3,(H,9,10);/q;+1/p-1.